The van der Waals surface area contributed by atoms with Gasteiger partial charge in [0.25, 0.3) is 0 Å². The van der Waals surface area contributed by atoms with Gasteiger partial charge in [-0.05, 0) is 24.3 Å². The smallest absolute Gasteiger partial charge is 0.406 e. The molecular weight excluding hydrogens is 435 g/mol. The van der Waals surface area contributed by atoms with E-state index in [1.165, 1.54) is 0 Å². The van der Waals surface area contributed by atoms with Crippen molar-refractivity contribution in [3.63, 3.8) is 0 Å². The van der Waals surface area contributed by atoms with Crippen LogP contribution in [0.1, 0.15) is 5.56 Å². The average Bonchev–Trinajstić information content (AvgIpc) is 3.09. The topological polar surface area (TPSA) is 52.8 Å². The summed E-state index contributed by atoms with van der Waals surface area (Å²) < 4.78 is 120. The fourth-order valence-electron chi connectivity index (χ4n) is 2.30. The average molecular weight is 442 g/mol. The fraction of sp³-hybridized carbons (Fsp3) is 0.188. The highest BCUT2D eigenvalue weighted by Gasteiger charge is 2.58. The van der Waals surface area contributed by atoms with Crippen LogP contribution in [0.3, 0.4) is 0 Å². The van der Waals surface area contributed by atoms with Crippen molar-refractivity contribution in [2.45, 2.75) is 18.5 Å². The van der Waals surface area contributed by atoms with Crippen molar-refractivity contribution in [3.05, 3.63) is 54.1 Å². The molecule has 1 aromatic carbocycles. The van der Waals surface area contributed by atoms with Gasteiger partial charge in [-0.15, -0.1) is 18.3 Å². The van der Waals surface area contributed by atoms with Crippen LogP contribution in [0.4, 0.5) is 39.5 Å². The Kier molecular flexibility index (Phi) is 5.12. The maximum atomic E-state index is 14.1. The highest BCUT2D eigenvalue weighted by Crippen LogP contribution is 2.44. The summed E-state index contributed by atoms with van der Waals surface area (Å²) in [7, 11) is 0. The first-order chi connectivity index (χ1) is 13.8. The standard InChI is InChI=1S/C16H7F9N4O/c17-10-6-9(30-16(23,24)25)1-2-13(10)29-7-12(27-28-29)11-5-8(3-4-26-11)14(18,19)15(20,21)22/h1-7H. The van der Waals surface area contributed by atoms with Crippen molar-refractivity contribution in [2.24, 2.45) is 0 Å². The van der Waals surface area contributed by atoms with Gasteiger partial charge in [-0.3, -0.25) is 4.98 Å². The molecule has 0 bridgehead atoms. The van der Waals surface area contributed by atoms with Crippen LogP contribution in [0.25, 0.3) is 17.1 Å². The van der Waals surface area contributed by atoms with E-state index in [4.69, 9.17) is 0 Å². The van der Waals surface area contributed by atoms with Gasteiger partial charge in [0.15, 0.2) is 5.82 Å². The Balaban J connectivity index is 1.92. The largest absolute Gasteiger partial charge is 0.573 e. The van der Waals surface area contributed by atoms with Gasteiger partial charge in [-0.2, -0.15) is 22.0 Å². The molecule has 0 saturated carbocycles. The Morgan fingerprint density at radius 2 is 1.57 bits per heavy atom. The molecular formula is C16H7F9N4O. The second-order valence-electron chi connectivity index (χ2n) is 5.71. The monoisotopic (exact) mass is 442 g/mol. The van der Waals surface area contributed by atoms with Crippen LogP contribution in [-0.2, 0) is 5.92 Å². The summed E-state index contributed by atoms with van der Waals surface area (Å²) in [6.07, 6.45) is -9.23. The first-order valence-corrected chi connectivity index (χ1v) is 7.67. The zero-order valence-corrected chi connectivity index (χ0v) is 14.1. The summed E-state index contributed by atoms with van der Waals surface area (Å²) in [5, 5.41) is 7.00. The minimum atomic E-state index is -5.84. The molecule has 0 saturated heterocycles. The molecule has 3 aromatic rings. The number of halogens is 9. The number of pyridine rings is 1. The third kappa shape index (κ3) is 4.31. The summed E-state index contributed by atoms with van der Waals surface area (Å²) in [4.78, 5) is 3.63. The molecule has 0 atom stereocenters. The van der Waals surface area contributed by atoms with Gasteiger partial charge < -0.3 is 4.74 Å². The highest BCUT2D eigenvalue weighted by atomic mass is 19.4. The molecule has 0 N–H and O–H groups in total. The van der Waals surface area contributed by atoms with Crippen molar-refractivity contribution in [1.29, 1.82) is 0 Å². The van der Waals surface area contributed by atoms with Gasteiger partial charge in [-0.1, -0.05) is 5.21 Å². The lowest BCUT2D eigenvalue weighted by molar-refractivity contribution is -0.289. The normalized spacial score (nSPS) is 12.8. The number of ether oxygens (including phenoxy) is 1. The molecule has 14 heteroatoms. The maximum Gasteiger partial charge on any atom is 0.573 e. The highest BCUT2D eigenvalue weighted by molar-refractivity contribution is 5.54. The lowest BCUT2D eigenvalue weighted by Crippen LogP contribution is -2.33. The van der Waals surface area contributed by atoms with Crippen molar-refractivity contribution < 1.29 is 44.3 Å². The molecule has 160 valence electrons. The van der Waals surface area contributed by atoms with Gasteiger partial charge in [-0.25, -0.2) is 9.07 Å². The number of hydrogen-bond donors (Lipinski definition) is 0. The fourth-order valence-corrected chi connectivity index (χ4v) is 2.30. The van der Waals surface area contributed by atoms with Crippen LogP contribution >= 0.6 is 0 Å². The summed E-state index contributed by atoms with van der Waals surface area (Å²) in [5.41, 5.74) is -2.49. The minimum Gasteiger partial charge on any atom is -0.406 e. The summed E-state index contributed by atoms with van der Waals surface area (Å²) in [6.45, 7) is 0. The first-order valence-electron chi connectivity index (χ1n) is 7.67. The number of benzene rings is 1. The van der Waals surface area contributed by atoms with E-state index in [-0.39, 0.29) is 11.4 Å². The van der Waals surface area contributed by atoms with E-state index >= 15 is 0 Å². The molecule has 30 heavy (non-hydrogen) atoms. The molecule has 0 spiro atoms. The van der Waals surface area contributed by atoms with Crippen molar-refractivity contribution in [2.75, 3.05) is 0 Å². The SMILES string of the molecule is Fc1cc(OC(F)(F)F)ccc1-n1cc(-c2cc(C(F)(F)C(F)(F)F)ccn2)nn1. The molecule has 0 amide bonds. The molecule has 5 nitrogen and oxygen atoms in total. The predicted octanol–water partition coefficient (Wildman–Crippen LogP) is 5.02. The number of nitrogens with zero attached hydrogens (tertiary/aromatic N) is 4. The van der Waals surface area contributed by atoms with Crippen molar-refractivity contribution in [1.82, 2.24) is 20.0 Å². The van der Waals surface area contributed by atoms with E-state index < -0.39 is 41.3 Å². The lowest BCUT2D eigenvalue weighted by atomic mass is 10.1. The molecule has 0 aliphatic heterocycles. The number of rotatable bonds is 4. The first kappa shape index (κ1) is 21.4. The van der Waals surface area contributed by atoms with Gasteiger partial charge >= 0.3 is 18.5 Å². The maximum absolute atomic E-state index is 14.1. The Morgan fingerprint density at radius 3 is 2.17 bits per heavy atom. The summed E-state index contributed by atoms with van der Waals surface area (Å²) in [5.74, 6) is -7.19. The van der Waals surface area contributed by atoms with Crippen LogP contribution in [0.2, 0.25) is 0 Å². The van der Waals surface area contributed by atoms with E-state index in [1.807, 2.05) is 0 Å². The van der Waals surface area contributed by atoms with Crippen LogP contribution in [-0.4, -0.2) is 32.5 Å². The van der Waals surface area contributed by atoms with Crippen LogP contribution in [0.5, 0.6) is 5.75 Å². The van der Waals surface area contributed by atoms with E-state index in [9.17, 15) is 39.5 Å². The Hall–Kier alpha value is -3.32. The second-order valence-corrected chi connectivity index (χ2v) is 5.71. The quantitative estimate of drug-likeness (QED) is 0.533. The lowest BCUT2D eigenvalue weighted by Gasteiger charge is -2.19. The molecule has 2 heterocycles. The van der Waals surface area contributed by atoms with Crippen LogP contribution < -0.4 is 4.74 Å². The predicted molar refractivity (Wildman–Crippen MR) is 81.2 cm³/mol. The molecule has 0 unspecified atom stereocenters. The van der Waals surface area contributed by atoms with Gasteiger partial charge in [0.2, 0.25) is 0 Å². The Morgan fingerprint density at radius 1 is 0.867 bits per heavy atom. The minimum absolute atomic E-state index is 0.287. The molecule has 3 rings (SSSR count). The van der Waals surface area contributed by atoms with Crippen LogP contribution in [0, 0.1) is 5.82 Å². The van der Waals surface area contributed by atoms with E-state index in [1.54, 1.807) is 0 Å². The third-order valence-corrected chi connectivity index (χ3v) is 3.63. The number of hydrogen-bond acceptors (Lipinski definition) is 4. The Bertz CT molecular complexity index is 1060. The molecule has 0 fully saturated rings. The van der Waals surface area contributed by atoms with E-state index in [2.05, 4.69) is 20.0 Å². The number of alkyl halides is 8. The Labute approximate surface area is 160 Å². The molecule has 0 radical (unpaired) electrons. The van der Waals surface area contributed by atoms with Crippen molar-refractivity contribution >= 4 is 0 Å². The zero-order valence-electron chi connectivity index (χ0n) is 14.1. The molecule has 0 aliphatic rings. The molecule has 2 aromatic heterocycles. The molecule has 0 aliphatic carbocycles. The van der Waals surface area contributed by atoms with E-state index in [0.717, 1.165) is 23.0 Å². The van der Waals surface area contributed by atoms with Gasteiger partial charge in [0.05, 0.1) is 11.9 Å². The van der Waals surface area contributed by atoms with Crippen LogP contribution in [0.15, 0.2) is 42.7 Å². The van der Waals surface area contributed by atoms with Crippen molar-refractivity contribution in [3.8, 4) is 22.8 Å². The zero-order chi connectivity index (χ0) is 22.3. The van der Waals surface area contributed by atoms with E-state index in [0.29, 0.717) is 24.4 Å². The summed E-state index contributed by atoms with van der Waals surface area (Å²) in [6, 6.07) is 3.00. The third-order valence-electron chi connectivity index (χ3n) is 3.63. The van der Waals surface area contributed by atoms with Gasteiger partial charge in [0.1, 0.15) is 17.1 Å². The van der Waals surface area contributed by atoms with Gasteiger partial charge in [0, 0.05) is 17.8 Å². The summed E-state index contributed by atoms with van der Waals surface area (Å²) >= 11 is 0. The second kappa shape index (κ2) is 7.18. The number of aromatic nitrogens is 4.